The normalized spacial score (nSPS) is 13.0. The van der Waals surface area contributed by atoms with Gasteiger partial charge in [-0.2, -0.15) is 0 Å². The van der Waals surface area contributed by atoms with E-state index in [0.29, 0.717) is 23.4 Å². The van der Waals surface area contributed by atoms with Gasteiger partial charge in [0.1, 0.15) is 0 Å². The molecular formula is C23H21N3O2. The number of carbonyl (C=O) groups is 2. The molecule has 1 aliphatic heterocycles. The highest BCUT2D eigenvalue weighted by atomic mass is 16.2. The Morgan fingerprint density at radius 1 is 0.929 bits per heavy atom. The summed E-state index contributed by atoms with van der Waals surface area (Å²) in [6.07, 6.45) is 0. The van der Waals surface area contributed by atoms with Crippen molar-refractivity contribution in [1.82, 2.24) is 10.0 Å². The summed E-state index contributed by atoms with van der Waals surface area (Å²) >= 11 is 0. The zero-order valence-electron chi connectivity index (χ0n) is 15.8. The number of hydrazine groups is 1. The Morgan fingerprint density at radius 2 is 1.57 bits per heavy atom. The molecule has 0 aliphatic carbocycles. The van der Waals surface area contributed by atoms with Crippen molar-refractivity contribution < 1.29 is 9.59 Å². The van der Waals surface area contributed by atoms with E-state index >= 15 is 0 Å². The van der Waals surface area contributed by atoms with Crippen molar-refractivity contribution in [2.45, 2.75) is 6.54 Å². The van der Waals surface area contributed by atoms with E-state index in [1.165, 1.54) is 0 Å². The molecule has 0 spiro atoms. The molecule has 0 saturated heterocycles. The monoisotopic (exact) mass is 371 g/mol. The third-order valence-corrected chi connectivity index (χ3v) is 4.92. The predicted molar refractivity (Wildman–Crippen MR) is 110 cm³/mol. The van der Waals surface area contributed by atoms with Gasteiger partial charge in [0.15, 0.2) is 0 Å². The highest BCUT2D eigenvalue weighted by molar-refractivity contribution is 6.11. The van der Waals surface area contributed by atoms with Crippen LogP contribution in [0.1, 0.15) is 26.3 Å². The lowest BCUT2D eigenvalue weighted by molar-refractivity contribution is 0.0224. The number of fused-ring (bicyclic) bond motifs is 1. The van der Waals surface area contributed by atoms with Gasteiger partial charge >= 0.3 is 0 Å². The van der Waals surface area contributed by atoms with Gasteiger partial charge in [-0.3, -0.25) is 14.6 Å². The quantitative estimate of drug-likeness (QED) is 0.753. The van der Waals surface area contributed by atoms with Crippen LogP contribution < -0.4 is 5.32 Å². The highest BCUT2D eigenvalue weighted by Gasteiger charge is 2.34. The molecule has 140 valence electrons. The van der Waals surface area contributed by atoms with Gasteiger partial charge in [0.25, 0.3) is 11.8 Å². The molecule has 3 aromatic carbocycles. The number of hydrogen-bond acceptors (Lipinski definition) is 3. The number of anilines is 1. The maximum absolute atomic E-state index is 13.1. The fraction of sp³-hybridized carbons (Fsp3) is 0.130. The van der Waals surface area contributed by atoms with Crippen molar-refractivity contribution in [3.05, 3.63) is 89.5 Å². The number of rotatable bonds is 4. The molecule has 5 nitrogen and oxygen atoms in total. The van der Waals surface area contributed by atoms with Crippen molar-refractivity contribution in [1.29, 1.82) is 0 Å². The molecule has 5 heteroatoms. The summed E-state index contributed by atoms with van der Waals surface area (Å²) in [5, 5.41) is 6.38. The van der Waals surface area contributed by atoms with Crippen LogP contribution in [0.5, 0.6) is 0 Å². The van der Waals surface area contributed by atoms with Crippen LogP contribution in [0.3, 0.4) is 0 Å². The van der Waals surface area contributed by atoms with Crippen LogP contribution in [-0.4, -0.2) is 35.9 Å². The first kappa shape index (κ1) is 17.9. The van der Waals surface area contributed by atoms with Gasteiger partial charge in [0.05, 0.1) is 17.8 Å². The lowest BCUT2D eigenvalue weighted by atomic mass is 9.95. The largest absolute Gasteiger partial charge is 0.321 e. The first-order valence-corrected chi connectivity index (χ1v) is 9.13. The maximum atomic E-state index is 13.1. The Morgan fingerprint density at radius 3 is 2.21 bits per heavy atom. The number of nitrogens with one attached hydrogen (secondary N) is 1. The first-order chi connectivity index (χ1) is 13.6. The van der Waals surface area contributed by atoms with Gasteiger partial charge in [-0.05, 0) is 34.9 Å². The number of nitrogens with zero attached hydrogens (tertiary/aromatic N) is 2. The summed E-state index contributed by atoms with van der Waals surface area (Å²) in [4.78, 5) is 25.7. The molecule has 1 aliphatic rings. The summed E-state index contributed by atoms with van der Waals surface area (Å²) in [5.74, 6) is -0.340. The third-order valence-electron chi connectivity index (χ3n) is 4.92. The van der Waals surface area contributed by atoms with E-state index in [9.17, 15) is 9.59 Å². The Kier molecular flexibility index (Phi) is 4.67. The lowest BCUT2D eigenvalue weighted by Gasteiger charge is -2.23. The van der Waals surface area contributed by atoms with Gasteiger partial charge in [-0.15, -0.1) is 0 Å². The second-order valence-electron chi connectivity index (χ2n) is 6.91. The van der Waals surface area contributed by atoms with Crippen molar-refractivity contribution >= 4 is 17.5 Å². The molecule has 0 bridgehead atoms. The van der Waals surface area contributed by atoms with E-state index in [1.54, 1.807) is 22.2 Å². The SMILES string of the molecule is CN(C)N1Cc2c(-c3ccccc3)ccc(NC(=O)c3ccccc3)c2C1=O. The van der Waals surface area contributed by atoms with Crippen LogP contribution in [0, 0.1) is 0 Å². The lowest BCUT2D eigenvalue weighted by Crippen LogP contribution is -2.37. The molecule has 0 saturated carbocycles. The van der Waals surface area contributed by atoms with Crippen LogP contribution in [0.4, 0.5) is 5.69 Å². The number of carbonyl (C=O) groups excluding carboxylic acids is 2. The standard InChI is InChI=1S/C23H21N3O2/c1-25(2)26-15-19-18(16-9-5-3-6-10-16)13-14-20(21(19)23(26)28)24-22(27)17-11-7-4-8-12-17/h3-14H,15H2,1-2H3,(H,24,27). The molecule has 28 heavy (non-hydrogen) atoms. The van der Waals surface area contributed by atoms with Crippen molar-refractivity contribution in [2.75, 3.05) is 19.4 Å². The van der Waals surface area contributed by atoms with E-state index < -0.39 is 0 Å². The summed E-state index contributed by atoms with van der Waals surface area (Å²) < 4.78 is 0. The van der Waals surface area contributed by atoms with Gasteiger partial charge in [-0.1, -0.05) is 54.6 Å². The second-order valence-corrected chi connectivity index (χ2v) is 6.91. The summed E-state index contributed by atoms with van der Waals surface area (Å²) in [7, 11) is 3.68. The first-order valence-electron chi connectivity index (χ1n) is 9.13. The Hall–Kier alpha value is -3.44. The maximum Gasteiger partial charge on any atom is 0.270 e. The van der Waals surface area contributed by atoms with E-state index in [4.69, 9.17) is 0 Å². The van der Waals surface area contributed by atoms with Crippen LogP contribution in [0.25, 0.3) is 11.1 Å². The number of hydrogen-bond donors (Lipinski definition) is 1. The molecule has 0 aromatic heterocycles. The predicted octanol–water partition coefficient (Wildman–Crippen LogP) is 4.04. The van der Waals surface area contributed by atoms with Gasteiger partial charge in [0, 0.05) is 19.7 Å². The average Bonchev–Trinajstić information content (AvgIpc) is 3.07. The van der Waals surface area contributed by atoms with E-state index in [-0.39, 0.29) is 11.8 Å². The molecule has 3 aromatic rings. The minimum Gasteiger partial charge on any atom is -0.321 e. The van der Waals surface area contributed by atoms with E-state index in [2.05, 4.69) is 5.32 Å². The third kappa shape index (κ3) is 3.17. The zero-order valence-corrected chi connectivity index (χ0v) is 15.8. The summed E-state index contributed by atoms with van der Waals surface area (Å²) in [6.45, 7) is 0.473. The molecule has 0 unspecified atom stereocenters. The van der Waals surface area contributed by atoms with Crippen LogP contribution >= 0.6 is 0 Å². The highest BCUT2D eigenvalue weighted by Crippen LogP contribution is 2.37. The van der Waals surface area contributed by atoms with E-state index in [0.717, 1.165) is 16.7 Å². The molecule has 0 atom stereocenters. The fourth-order valence-electron chi connectivity index (χ4n) is 3.51. The van der Waals surface area contributed by atoms with Gasteiger partial charge in [0.2, 0.25) is 0 Å². The molecule has 0 fully saturated rings. The van der Waals surface area contributed by atoms with Crippen molar-refractivity contribution in [3.63, 3.8) is 0 Å². The summed E-state index contributed by atoms with van der Waals surface area (Å²) in [6, 6.07) is 22.8. The summed E-state index contributed by atoms with van der Waals surface area (Å²) in [5.41, 5.74) is 4.63. The average molecular weight is 371 g/mol. The van der Waals surface area contributed by atoms with Gasteiger partial charge in [-0.25, -0.2) is 5.01 Å². The van der Waals surface area contributed by atoms with Crippen LogP contribution in [-0.2, 0) is 6.54 Å². The molecule has 1 N–H and O–H groups in total. The fourth-order valence-corrected chi connectivity index (χ4v) is 3.51. The Bertz CT molecular complexity index is 1030. The molecule has 4 rings (SSSR count). The molecule has 2 amide bonds. The zero-order chi connectivity index (χ0) is 19.7. The van der Waals surface area contributed by atoms with Crippen LogP contribution in [0.15, 0.2) is 72.8 Å². The molecular weight excluding hydrogens is 350 g/mol. The smallest absolute Gasteiger partial charge is 0.270 e. The topological polar surface area (TPSA) is 52.6 Å². The van der Waals surface area contributed by atoms with Gasteiger partial charge < -0.3 is 5.32 Å². The van der Waals surface area contributed by atoms with Crippen molar-refractivity contribution in [2.24, 2.45) is 0 Å². The minimum atomic E-state index is -0.230. The van der Waals surface area contributed by atoms with Crippen LogP contribution in [0.2, 0.25) is 0 Å². The van der Waals surface area contributed by atoms with E-state index in [1.807, 2.05) is 74.8 Å². The molecule has 1 heterocycles. The minimum absolute atomic E-state index is 0.110. The van der Waals surface area contributed by atoms with Crippen molar-refractivity contribution in [3.8, 4) is 11.1 Å². The number of benzene rings is 3. The second kappa shape index (κ2) is 7.29. The number of amides is 2. The Labute approximate surface area is 164 Å². The Balaban J connectivity index is 1.79. The molecule has 0 radical (unpaired) electrons.